The lowest BCUT2D eigenvalue weighted by Gasteiger charge is -2.27. The number of benzene rings is 3. The Labute approximate surface area is 239 Å². The highest BCUT2D eigenvalue weighted by Gasteiger charge is 2.29. The number of nitrogens with zero attached hydrogens (tertiary/aromatic N) is 3. The van der Waals surface area contributed by atoms with Crippen molar-refractivity contribution in [2.24, 2.45) is 5.73 Å². The zero-order valence-corrected chi connectivity index (χ0v) is 23.7. The van der Waals surface area contributed by atoms with E-state index in [1.807, 2.05) is 43.3 Å². The first kappa shape index (κ1) is 26.9. The van der Waals surface area contributed by atoms with Gasteiger partial charge in [-0.1, -0.05) is 29.8 Å². The van der Waals surface area contributed by atoms with Crippen LogP contribution in [0.2, 0.25) is 0 Å². The molecule has 0 saturated carbocycles. The van der Waals surface area contributed by atoms with Crippen molar-refractivity contribution in [3.63, 3.8) is 0 Å². The van der Waals surface area contributed by atoms with Gasteiger partial charge < -0.3 is 15.2 Å². The summed E-state index contributed by atoms with van der Waals surface area (Å²) in [6.45, 7) is 10.5. The quantitative estimate of drug-likeness (QED) is 0.363. The second kappa shape index (κ2) is 11.0. The van der Waals surface area contributed by atoms with Crippen molar-refractivity contribution in [2.75, 3.05) is 39.5 Å². The van der Waals surface area contributed by atoms with Gasteiger partial charge in [0, 0.05) is 19.6 Å². The van der Waals surface area contributed by atoms with E-state index >= 15 is 0 Å². The van der Waals surface area contributed by atoms with Crippen LogP contribution in [-0.4, -0.2) is 59.8 Å². The predicted octanol–water partition coefficient (Wildman–Crippen LogP) is 4.52. The molecular weight excluding hydrogens is 516 g/mol. The third kappa shape index (κ3) is 4.83. The van der Waals surface area contributed by atoms with Crippen LogP contribution in [0, 0.1) is 6.92 Å². The molecule has 1 amide bonds. The van der Waals surface area contributed by atoms with Crippen LogP contribution in [0.25, 0.3) is 33.3 Å². The van der Waals surface area contributed by atoms with Crippen LogP contribution in [-0.2, 0) is 11.2 Å². The molecule has 1 aromatic heterocycles. The molecule has 2 aliphatic rings. The molecule has 0 bridgehead atoms. The molecule has 8 nitrogen and oxygen atoms in total. The lowest BCUT2D eigenvalue weighted by molar-refractivity contribution is 0.0322. The molecule has 0 unspecified atom stereocenters. The van der Waals surface area contributed by atoms with Crippen LogP contribution in [0.15, 0.2) is 65.2 Å². The van der Waals surface area contributed by atoms with Gasteiger partial charge in [-0.15, -0.1) is 0 Å². The van der Waals surface area contributed by atoms with Gasteiger partial charge in [0.2, 0.25) is 0 Å². The number of allylic oxidation sites excluding steroid dienone is 2. The summed E-state index contributed by atoms with van der Waals surface area (Å²) in [7, 11) is 0. The zero-order valence-electron chi connectivity index (χ0n) is 23.7. The van der Waals surface area contributed by atoms with E-state index in [1.165, 1.54) is 5.57 Å². The molecule has 4 aromatic rings. The molecule has 210 valence electrons. The Kier molecular flexibility index (Phi) is 7.19. The number of rotatable bonds is 7. The van der Waals surface area contributed by atoms with E-state index in [0.717, 1.165) is 58.7 Å². The Morgan fingerprint density at radius 1 is 1.05 bits per heavy atom. The maximum absolute atomic E-state index is 13.5. The number of ether oxygens (including phenoxy) is 2. The van der Waals surface area contributed by atoms with Crippen molar-refractivity contribution in [3.05, 3.63) is 93.0 Å². The molecule has 2 heterocycles. The number of para-hydroxylation sites is 1. The fourth-order valence-corrected chi connectivity index (χ4v) is 6.05. The Bertz CT molecular complexity index is 1770. The van der Waals surface area contributed by atoms with Crippen molar-refractivity contribution < 1.29 is 14.3 Å². The standard InChI is InChI=1S/C33H34N4O4/c1-20-17-26-30(21(20)2)25(18-29(31(26)32(34)38)41-16-13-36-11-14-40-15-12-36)23-8-6-10-28(22(23)3)37-19-35-27-9-5-4-7-24(27)33(37)39/h4-10,18-19H,11-17H2,1-3H3,(H2,34,38). The van der Waals surface area contributed by atoms with E-state index in [0.29, 0.717) is 48.5 Å². The molecule has 6 rings (SSSR count). The number of carbonyl (C=O) groups excluding carboxylic acids is 1. The van der Waals surface area contributed by atoms with Gasteiger partial charge >= 0.3 is 0 Å². The Morgan fingerprint density at radius 3 is 2.61 bits per heavy atom. The van der Waals surface area contributed by atoms with Gasteiger partial charge in [0.1, 0.15) is 18.7 Å². The van der Waals surface area contributed by atoms with Crippen LogP contribution in [0.4, 0.5) is 0 Å². The molecule has 41 heavy (non-hydrogen) atoms. The molecular formula is C33H34N4O4. The maximum atomic E-state index is 13.5. The van der Waals surface area contributed by atoms with Crippen LogP contribution in [0.1, 0.15) is 40.9 Å². The molecule has 0 atom stereocenters. The number of fused-ring (bicyclic) bond motifs is 2. The lowest BCUT2D eigenvalue weighted by Crippen LogP contribution is -2.38. The lowest BCUT2D eigenvalue weighted by atomic mass is 9.88. The van der Waals surface area contributed by atoms with Crippen molar-refractivity contribution in [1.29, 1.82) is 0 Å². The number of nitrogens with two attached hydrogens (primary N) is 1. The van der Waals surface area contributed by atoms with Gasteiger partial charge in [0.25, 0.3) is 11.5 Å². The smallest absolute Gasteiger partial charge is 0.265 e. The van der Waals surface area contributed by atoms with Gasteiger partial charge in [0.05, 0.1) is 35.4 Å². The second-order valence-electron chi connectivity index (χ2n) is 10.8. The fraction of sp³-hybridized carbons (Fsp3) is 0.303. The Balaban J connectivity index is 1.47. The van der Waals surface area contributed by atoms with Crippen molar-refractivity contribution in [1.82, 2.24) is 14.5 Å². The van der Waals surface area contributed by atoms with Gasteiger partial charge in [-0.25, -0.2) is 4.98 Å². The summed E-state index contributed by atoms with van der Waals surface area (Å²) in [5.74, 6) is 0.00675. The average Bonchev–Trinajstić information content (AvgIpc) is 3.27. The van der Waals surface area contributed by atoms with Crippen LogP contribution >= 0.6 is 0 Å². The number of amides is 1. The molecule has 1 aliphatic carbocycles. The van der Waals surface area contributed by atoms with Gasteiger partial charge in [-0.2, -0.15) is 0 Å². The third-order valence-corrected chi connectivity index (χ3v) is 8.39. The number of carbonyl (C=O) groups is 1. The largest absolute Gasteiger partial charge is 0.491 e. The summed E-state index contributed by atoms with van der Waals surface area (Å²) in [6, 6.07) is 15.2. The number of hydrogen-bond donors (Lipinski definition) is 1. The molecule has 1 saturated heterocycles. The van der Waals surface area contributed by atoms with E-state index < -0.39 is 5.91 Å². The second-order valence-corrected chi connectivity index (χ2v) is 10.8. The summed E-state index contributed by atoms with van der Waals surface area (Å²) < 4.78 is 13.4. The summed E-state index contributed by atoms with van der Waals surface area (Å²) >= 11 is 0. The zero-order chi connectivity index (χ0) is 28.7. The Morgan fingerprint density at radius 2 is 1.83 bits per heavy atom. The summed E-state index contributed by atoms with van der Waals surface area (Å²) in [5.41, 5.74) is 14.8. The highest BCUT2D eigenvalue weighted by atomic mass is 16.5. The number of aromatic nitrogens is 2. The summed E-state index contributed by atoms with van der Waals surface area (Å²) in [6.07, 6.45) is 2.23. The van der Waals surface area contributed by atoms with Gasteiger partial charge in [0.15, 0.2) is 0 Å². The molecule has 2 N–H and O–H groups in total. The number of hydrogen-bond acceptors (Lipinski definition) is 6. The normalized spacial score (nSPS) is 15.4. The van der Waals surface area contributed by atoms with E-state index in [1.54, 1.807) is 17.0 Å². The minimum Gasteiger partial charge on any atom is -0.491 e. The number of morpholine rings is 1. The highest BCUT2D eigenvalue weighted by Crippen LogP contribution is 2.45. The molecule has 0 radical (unpaired) electrons. The fourth-order valence-electron chi connectivity index (χ4n) is 6.05. The molecule has 1 fully saturated rings. The van der Waals surface area contributed by atoms with Gasteiger partial charge in [-0.05, 0) is 84.8 Å². The predicted molar refractivity (Wildman–Crippen MR) is 161 cm³/mol. The van der Waals surface area contributed by atoms with E-state index in [4.69, 9.17) is 15.2 Å². The van der Waals surface area contributed by atoms with Crippen molar-refractivity contribution in [2.45, 2.75) is 27.2 Å². The van der Waals surface area contributed by atoms with E-state index in [2.05, 4.69) is 29.8 Å². The van der Waals surface area contributed by atoms with E-state index in [9.17, 15) is 9.59 Å². The summed E-state index contributed by atoms with van der Waals surface area (Å²) in [5, 5.41) is 0.567. The minimum atomic E-state index is -0.490. The molecule has 3 aromatic carbocycles. The van der Waals surface area contributed by atoms with Crippen LogP contribution in [0.3, 0.4) is 0 Å². The maximum Gasteiger partial charge on any atom is 0.265 e. The first-order valence-electron chi connectivity index (χ1n) is 14.0. The van der Waals surface area contributed by atoms with Crippen LogP contribution in [0.5, 0.6) is 5.75 Å². The van der Waals surface area contributed by atoms with Crippen molar-refractivity contribution in [3.8, 4) is 22.6 Å². The highest BCUT2D eigenvalue weighted by molar-refractivity contribution is 6.03. The van der Waals surface area contributed by atoms with Crippen LogP contribution < -0.4 is 16.0 Å². The third-order valence-electron chi connectivity index (χ3n) is 8.39. The first-order chi connectivity index (χ1) is 19.8. The SMILES string of the molecule is CC1=C(C)c2c(-c3cccc(-n4cnc5ccccc5c4=O)c3C)cc(OCCN3CCOCC3)c(C(N)=O)c2C1. The van der Waals surface area contributed by atoms with E-state index in [-0.39, 0.29) is 5.56 Å². The summed E-state index contributed by atoms with van der Waals surface area (Å²) in [4.78, 5) is 33.1. The van der Waals surface area contributed by atoms with Crippen molar-refractivity contribution >= 4 is 22.4 Å². The Hall–Kier alpha value is -4.27. The van der Waals surface area contributed by atoms with Gasteiger partial charge in [-0.3, -0.25) is 19.1 Å². The monoisotopic (exact) mass is 550 g/mol. The first-order valence-corrected chi connectivity index (χ1v) is 14.0. The topological polar surface area (TPSA) is 99.7 Å². The molecule has 0 spiro atoms. The molecule has 8 heteroatoms. The minimum absolute atomic E-state index is 0.121. The number of primary amides is 1. The molecule has 1 aliphatic heterocycles. The average molecular weight is 551 g/mol.